The number of halogens is 1. The first kappa shape index (κ1) is 11.5. The lowest BCUT2D eigenvalue weighted by molar-refractivity contribution is 0.152. The van der Waals surface area contributed by atoms with Gasteiger partial charge in [0.25, 0.3) is 0 Å². The lowest BCUT2D eigenvalue weighted by Gasteiger charge is -2.05. The molecule has 1 unspecified atom stereocenters. The summed E-state index contributed by atoms with van der Waals surface area (Å²) in [5.74, 6) is 0. The molecule has 1 amide bonds. The molecule has 82 valence electrons. The summed E-state index contributed by atoms with van der Waals surface area (Å²) in [6.07, 6.45) is 5.58. The molecule has 0 saturated carbocycles. The van der Waals surface area contributed by atoms with Crippen LogP contribution >= 0.6 is 0 Å². The summed E-state index contributed by atoms with van der Waals surface area (Å²) in [5.41, 5.74) is 5.64. The lowest BCUT2D eigenvalue weighted by Crippen LogP contribution is -2.25. The van der Waals surface area contributed by atoms with Gasteiger partial charge >= 0.3 is 6.09 Å². The summed E-state index contributed by atoms with van der Waals surface area (Å²) < 4.78 is 17.5. The van der Waals surface area contributed by atoms with Gasteiger partial charge in [-0.15, -0.1) is 0 Å². The molecule has 0 radical (unpaired) electrons. The number of alkyl halides is 1. The van der Waals surface area contributed by atoms with E-state index in [9.17, 15) is 9.18 Å². The second kappa shape index (κ2) is 5.98. The summed E-state index contributed by atoms with van der Waals surface area (Å²) >= 11 is 0. The number of ether oxygens (including phenoxy) is 1. The molecule has 0 aliphatic heterocycles. The smallest absolute Gasteiger partial charge is 0.411 e. The highest BCUT2D eigenvalue weighted by Gasteiger charge is 2.04. The van der Waals surface area contributed by atoms with Crippen LogP contribution in [0.3, 0.4) is 0 Å². The third kappa shape index (κ3) is 4.42. The highest BCUT2D eigenvalue weighted by Crippen LogP contribution is 2.05. The van der Waals surface area contributed by atoms with Crippen LogP contribution in [0, 0.1) is 0 Å². The maximum Gasteiger partial charge on any atom is 0.411 e. The fraction of sp³-hybridized carbons (Fsp3) is 0.300. The quantitative estimate of drug-likeness (QED) is 0.734. The average molecular weight is 212 g/mol. The van der Waals surface area contributed by atoms with Gasteiger partial charge in [-0.2, -0.15) is 0 Å². The van der Waals surface area contributed by atoms with Gasteiger partial charge in [0.05, 0.1) is 0 Å². The molecule has 0 spiro atoms. The van der Waals surface area contributed by atoms with Crippen molar-refractivity contribution in [1.82, 2.24) is 5.32 Å². The molecule has 0 aromatic heterocycles. The summed E-state index contributed by atoms with van der Waals surface area (Å²) in [7, 11) is 0. The van der Waals surface area contributed by atoms with Crippen LogP contribution in [0.2, 0.25) is 0 Å². The number of rotatable bonds is 3. The molecule has 0 aromatic carbocycles. The van der Waals surface area contributed by atoms with E-state index in [2.05, 4.69) is 5.32 Å². The van der Waals surface area contributed by atoms with E-state index in [-0.39, 0.29) is 13.2 Å². The number of nitrogens with two attached hydrogens (primary N) is 1. The van der Waals surface area contributed by atoms with Gasteiger partial charge in [-0.05, 0) is 24.3 Å². The van der Waals surface area contributed by atoms with Gasteiger partial charge in [-0.3, -0.25) is 5.32 Å². The summed E-state index contributed by atoms with van der Waals surface area (Å²) in [6, 6.07) is 0. The molecule has 0 bridgehead atoms. The van der Waals surface area contributed by atoms with Crippen LogP contribution in [-0.2, 0) is 4.74 Å². The molecule has 0 aromatic rings. The molecule has 15 heavy (non-hydrogen) atoms. The standard InChI is InChI=1S/C10H13FN2O2/c11-8-2-1-3-9(5-4-8)13-10(14)15-7-6-12/h1-5,8H,6-7,12H2,(H,13,14). The van der Waals surface area contributed by atoms with Crippen molar-refractivity contribution in [2.75, 3.05) is 13.2 Å². The highest BCUT2D eigenvalue weighted by molar-refractivity contribution is 5.70. The van der Waals surface area contributed by atoms with Crippen LogP contribution in [0.5, 0.6) is 0 Å². The minimum absolute atomic E-state index is 0.157. The Morgan fingerprint density at radius 1 is 1.60 bits per heavy atom. The van der Waals surface area contributed by atoms with E-state index in [1.165, 1.54) is 24.3 Å². The highest BCUT2D eigenvalue weighted by atomic mass is 19.1. The predicted molar refractivity (Wildman–Crippen MR) is 54.8 cm³/mol. The normalized spacial score (nSPS) is 19.3. The molecular formula is C10H13FN2O2. The molecule has 1 atom stereocenters. The third-order valence-corrected chi connectivity index (χ3v) is 1.63. The summed E-state index contributed by atoms with van der Waals surface area (Å²) in [5, 5.41) is 2.45. The number of allylic oxidation sites excluding steroid dienone is 5. The van der Waals surface area contributed by atoms with Gasteiger partial charge in [-0.1, -0.05) is 6.08 Å². The van der Waals surface area contributed by atoms with E-state index >= 15 is 0 Å². The van der Waals surface area contributed by atoms with Crippen LogP contribution in [-0.4, -0.2) is 25.4 Å². The number of hydrogen-bond donors (Lipinski definition) is 2. The van der Waals surface area contributed by atoms with Crippen molar-refractivity contribution < 1.29 is 13.9 Å². The summed E-state index contributed by atoms with van der Waals surface area (Å²) in [4.78, 5) is 11.1. The molecule has 4 nitrogen and oxygen atoms in total. The van der Waals surface area contributed by atoms with E-state index in [1.54, 1.807) is 6.08 Å². The number of amides is 1. The Morgan fingerprint density at radius 2 is 2.40 bits per heavy atom. The number of carbonyl (C=O) groups is 1. The molecule has 0 heterocycles. The summed E-state index contributed by atoms with van der Waals surface area (Å²) in [6.45, 7) is 0.430. The van der Waals surface area contributed by atoms with Crippen molar-refractivity contribution >= 4 is 6.09 Å². The van der Waals surface area contributed by atoms with Crippen molar-refractivity contribution in [3.8, 4) is 0 Å². The van der Waals surface area contributed by atoms with Crippen LogP contribution in [0.1, 0.15) is 0 Å². The molecule has 0 fully saturated rings. The van der Waals surface area contributed by atoms with Crippen LogP contribution in [0.25, 0.3) is 0 Å². The minimum Gasteiger partial charge on any atom is -0.448 e. The van der Waals surface area contributed by atoms with Crippen LogP contribution in [0.15, 0.2) is 36.1 Å². The zero-order valence-electron chi connectivity index (χ0n) is 8.15. The van der Waals surface area contributed by atoms with E-state index in [0.717, 1.165) is 0 Å². The Bertz CT molecular complexity index is 311. The largest absolute Gasteiger partial charge is 0.448 e. The number of nitrogens with one attached hydrogen (secondary N) is 1. The number of carbonyl (C=O) groups excluding carboxylic acids is 1. The maximum absolute atomic E-state index is 12.8. The zero-order chi connectivity index (χ0) is 11.1. The van der Waals surface area contributed by atoms with Crippen LogP contribution < -0.4 is 11.1 Å². The Hall–Kier alpha value is -1.62. The number of alkyl carbamates (subject to hydrolysis) is 1. The first-order valence-electron chi connectivity index (χ1n) is 4.57. The first-order chi connectivity index (χ1) is 7.22. The fourth-order valence-electron chi connectivity index (χ4n) is 0.970. The van der Waals surface area contributed by atoms with Gasteiger partial charge < -0.3 is 10.5 Å². The van der Waals surface area contributed by atoms with E-state index < -0.39 is 12.3 Å². The molecule has 1 aliphatic rings. The van der Waals surface area contributed by atoms with Gasteiger partial charge in [-0.25, -0.2) is 9.18 Å². The van der Waals surface area contributed by atoms with Crippen molar-refractivity contribution in [2.45, 2.75) is 6.17 Å². The molecule has 5 heteroatoms. The van der Waals surface area contributed by atoms with Crippen molar-refractivity contribution in [2.24, 2.45) is 5.73 Å². The number of hydrogen-bond acceptors (Lipinski definition) is 3. The Morgan fingerprint density at radius 3 is 3.13 bits per heavy atom. The average Bonchev–Trinajstić information content (AvgIpc) is 2.41. The molecular weight excluding hydrogens is 199 g/mol. The molecule has 1 aliphatic carbocycles. The van der Waals surface area contributed by atoms with Gasteiger partial charge in [0, 0.05) is 12.2 Å². The Kier molecular flexibility index (Phi) is 4.56. The van der Waals surface area contributed by atoms with Crippen LogP contribution in [0.4, 0.5) is 9.18 Å². The SMILES string of the molecule is NCCOC(=O)NC1=CC=CC(F)C=C1. The van der Waals surface area contributed by atoms with E-state index in [1.807, 2.05) is 0 Å². The van der Waals surface area contributed by atoms with Crippen molar-refractivity contribution in [3.05, 3.63) is 36.1 Å². The Labute approximate surface area is 87.3 Å². The van der Waals surface area contributed by atoms with E-state index in [0.29, 0.717) is 5.70 Å². The topological polar surface area (TPSA) is 64.3 Å². The van der Waals surface area contributed by atoms with Crippen molar-refractivity contribution in [1.29, 1.82) is 0 Å². The first-order valence-corrected chi connectivity index (χ1v) is 4.57. The molecule has 1 rings (SSSR count). The monoisotopic (exact) mass is 212 g/mol. The van der Waals surface area contributed by atoms with Crippen molar-refractivity contribution in [3.63, 3.8) is 0 Å². The third-order valence-electron chi connectivity index (χ3n) is 1.63. The van der Waals surface area contributed by atoms with E-state index in [4.69, 9.17) is 10.5 Å². The predicted octanol–water partition coefficient (Wildman–Crippen LogP) is 1.02. The lowest BCUT2D eigenvalue weighted by atomic mass is 10.3. The zero-order valence-corrected chi connectivity index (χ0v) is 8.15. The second-order valence-electron chi connectivity index (χ2n) is 2.86. The van der Waals surface area contributed by atoms with Gasteiger partial charge in [0.15, 0.2) is 0 Å². The Balaban J connectivity index is 2.45. The molecule has 0 saturated heterocycles. The van der Waals surface area contributed by atoms with Gasteiger partial charge in [0.1, 0.15) is 12.8 Å². The maximum atomic E-state index is 12.8. The van der Waals surface area contributed by atoms with Gasteiger partial charge in [0.2, 0.25) is 0 Å². The minimum atomic E-state index is -1.12. The fourth-order valence-corrected chi connectivity index (χ4v) is 0.970. The second-order valence-corrected chi connectivity index (χ2v) is 2.86. The molecule has 3 N–H and O–H groups in total.